The standard InChI is InChI=1S/C19H25N3O2.C3H6.C2H6/c1-19(2,3)24-18(23)12-6-10-16-9-5-8-15(14-20-16)17-11-7-13-22(4)21-17;1-2-3-1;1-2/h5-8,12-14H,9-11H2,1-4H3;1-3H2;1-2H3. The number of nitrogens with zero attached hydrogens (tertiary/aromatic N) is 3. The van der Waals surface area contributed by atoms with Gasteiger partial charge in [0.2, 0.25) is 0 Å². The Bertz CT molecular complexity index is 699. The predicted octanol–water partition coefficient (Wildman–Crippen LogP) is 5.96. The average Bonchev–Trinajstić information content (AvgIpc) is 3.53. The molecule has 0 unspecified atom stereocenters. The number of hydrazone groups is 1. The molecule has 0 amide bonds. The van der Waals surface area contributed by atoms with Crippen molar-refractivity contribution in [2.45, 2.75) is 78.7 Å². The first-order valence-electron chi connectivity index (χ1n) is 10.6. The molecular formula is C24H37N3O2. The first-order valence-corrected chi connectivity index (χ1v) is 10.6. The minimum atomic E-state index is -0.468. The number of rotatable bonds is 4. The highest BCUT2D eigenvalue weighted by molar-refractivity contribution is 6.04. The maximum absolute atomic E-state index is 11.7. The smallest absolute Gasteiger partial charge is 0.330 e. The van der Waals surface area contributed by atoms with Gasteiger partial charge < -0.3 is 4.74 Å². The lowest BCUT2D eigenvalue weighted by Gasteiger charge is -2.17. The molecule has 29 heavy (non-hydrogen) atoms. The Morgan fingerprint density at radius 3 is 2.45 bits per heavy atom. The van der Waals surface area contributed by atoms with E-state index in [0.29, 0.717) is 6.42 Å². The number of carbonyl (C=O) groups is 1. The fourth-order valence-electron chi connectivity index (χ4n) is 2.27. The summed E-state index contributed by atoms with van der Waals surface area (Å²) in [4.78, 5) is 16.2. The minimum Gasteiger partial charge on any atom is -0.457 e. The third-order valence-corrected chi connectivity index (χ3v) is 3.65. The number of carbonyl (C=O) groups excluding carboxylic acids is 1. The molecule has 0 atom stereocenters. The lowest BCUT2D eigenvalue weighted by Crippen LogP contribution is -2.22. The Balaban J connectivity index is 0.000000747. The average molecular weight is 400 g/mol. The van der Waals surface area contributed by atoms with Crippen LogP contribution < -0.4 is 0 Å². The molecule has 5 nitrogen and oxygen atoms in total. The third kappa shape index (κ3) is 11.9. The highest BCUT2D eigenvalue weighted by atomic mass is 16.6. The maximum Gasteiger partial charge on any atom is 0.330 e. The van der Waals surface area contributed by atoms with Crippen molar-refractivity contribution >= 4 is 17.4 Å². The van der Waals surface area contributed by atoms with Gasteiger partial charge in [0, 0.05) is 56.1 Å². The molecular weight excluding hydrogens is 362 g/mol. The molecule has 0 aromatic carbocycles. The van der Waals surface area contributed by atoms with Crippen LogP contribution in [0.2, 0.25) is 0 Å². The van der Waals surface area contributed by atoms with Crippen molar-refractivity contribution in [3.8, 4) is 0 Å². The number of hydrogen-bond donors (Lipinski definition) is 0. The topological polar surface area (TPSA) is 54.3 Å². The molecule has 160 valence electrons. The molecule has 3 aliphatic rings. The first-order chi connectivity index (χ1) is 13.8. The zero-order chi connectivity index (χ0) is 21.7. The number of hydrogen-bond acceptors (Lipinski definition) is 5. The zero-order valence-electron chi connectivity index (χ0n) is 18.9. The molecule has 3 rings (SSSR count). The molecule has 0 aromatic heterocycles. The van der Waals surface area contributed by atoms with E-state index in [9.17, 15) is 4.79 Å². The van der Waals surface area contributed by atoms with Gasteiger partial charge in [-0.15, -0.1) is 0 Å². The van der Waals surface area contributed by atoms with Crippen molar-refractivity contribution in [1.29, 1.82) is 0 Å². The van der Waals surface area contributed by atoms with Gasteiger partial charge in [-0.25, -0.2) is 4.79 Å². The van der Waals surface area contributed by atoms with Crippen molar-refractivity contribution < 1.29 is 9.53 Å². The molecule has 1 aliphatic carbocycles. The lowest BCUT2D eigenvalue weighted by molar-refractivity contribution is -0.148. The zero-order valence-corrected chi connectivity index (χ0v) is 18.9. The summed E-state index contributed by atoms with van der Waals surface area (Å²) in [6.07, 6.45) is 20.0. The van der Waals surface area contributed by atoms with Crippen LogP contribution in [-0.2, 0) is 9.53 Å². The van der Waals surface area contributed by atoms with Crippen molar-refractivity contribution in [2.24, 2.45) is 10.1 Å². The van der Waals surface area contributed by atoms with Crippen LogP contribution in [0.4, 0.5) is 0 Å². The van der Waals surface area contributed by atoms with Gasteiger partial charge in [-0.3, -0.25) is 10.0 Å². The van der Waals surface area contributed by atoms with Crippen LogP contribution in [0.25, 0.3) is 0 Å². The summed E-state index contributed by atoms with van der Waals surface area (Å²) in [6, 6.07) is 0. The molecule has 2 aliphatic heterocycles. The quantitative estimate of drug-likeness (QED) is 0.433. The largest absolute Gasteiger partial charge is 0.457 e. The van der Waals surface area contributed by atoms with E-state index in [1.54, 1.807) is 11.1 Å². The van der Waals surface area contributed by atoms with E-state index in [1.165, 1.54) is 25.3 Å². The fourth-order valence-corrected chi connectivity index (χ4v) is 2.27. The van der Waals surface area contributed by atoms with Crippen LogP contribution in [0, 0.1) is 0 Å². The monoisotopic (exact) mass is 399 g/mol. The van der Waals surface area contributed by atoms with Crippen LogP contribution in [0.1, 0.15) is 73.1 Å². The summed E-state index contributed by atoms with van der Waals surface area (Å²) < 4.78 is 5.24. The highest BCUT2D eigenvalue weighted by Gasteiger charge is 2.14. The summed E-state index contributed by atoms with van der Waals surface area (Å²) in [5.41, 5.74) is 2.56. The van der Waals surface area contributed by atoms with Crippen LogP contribution in [0.15, 0.2) is 58.4 Å². The van der Waals surface area contributed by atoms with Gasteiger partial charge in [0.15, 0.2) is 0 Å². The van der Waals surface area contributed by atoms with E-state index in [2.05, 4.69) is 28.3 Å². The van der Waals surface area contributed by atoms with Gasteiger partial charge in [0.1, 0.15) is 5.60 Å². The molecule has 0 aromatic rings. The van der Waals surface area contributed by atoms with Crippen LogP contribution in [-0.4, -0.2) is 35.1 Å². The van der Waals surface area contributed by atoms with Gasteiger partial charge in [-0.2, -0.15) is 5.10 Å². The van der Waals surface area contributed by atoms with Crippen LogP contribution >= 0.6 is 0 Å². The number of esters is 1. The molecule has 5 heteroatoms. The first kappa shape index (κ1) is 24.6. The van der Waals surface area contributed by atoms with Crippen molar-refractivity contribution in [2.75, 3.05) is 7.05 Å². The summed E-state index contributed by atoms with van der Waals surface area (Å²) in [7, 11) is 1.91. The van der Waals surface area contributed by atoms with Gasteiger partial charge in [-0.05, 0) is 20.8 Å². The van der Waals surface area contributed by atoms with E-state index >= 15 is 0 Å². The van der Waals surface area contributed by atoms with E-state index in [0.717, 1.165) is 29.8 Å². The van der Waals surface area contributed by atoms with E-state index in [-0.39, 0.29) is 5.97 Å². The van der Waals surface area contributed by atoms with Gasteiger partial charge in [-0.1, -0.05) is 57.4 Å². The second kappa shape index (κ2) is 12.9. The molecule has 0 bridgehead atoms. The number of aliphatic imine (C=N–C) groups is 1. The van der Waals surface area contributed by atoms with Crippen molar-refractivity contribution in [3.05, 3.63) is 48.4 Å². The van der Waals surface area contributed by atoms with E-state index in [4.69, 9.17) is 4.74 Å². The lowest BCUT2D eigenvalue weighted by atomic mass is 10.1. The Labute approximate surface area is 176 Å². The molecule has 0 N–H and O–H groups in total. The van der Waals surface area contributed by atoms with Crippen molar-refractivity contribution in [1.82, 2.24) is 5.01 Å². The second-order valence-electron chi connectivity index (χ2n) is 7.80. The SMILES string of the molecule is C1CC1.CC.CN1C=CCC(C2=CN=C(CC=CC(=O)OC(C)(C)C)CC=C2)=N1. The molecule has 0 saturated heterocycles. The molecule has 1 saturated carbocycles. The highest BCUT2D eigenvalue weighted by Crippen LogP contribution is 2.15. The Kier molecular flexibility index (Phi) is 11.0. The van der Waals surface area contributed by atoms with Gasteiger partial charge in [0.25, 0.3) is 0 Å². The Hall–Kier alpha value is -2.43. The second-order valence-corrected chi connectivity index (χ2v) is 7.80. The van der Waals surface area contributed by atoms with Crippen LogP contribution in [0.3, 0.4) is 0 Å². The number of ether oxygens (including phenoxy) is 1. The molecule has 0 radical (unpaired) electrons. The summed E-state index contributed by atoms with van der Waals surface area (Å²) in [5, 5.41) is 6.29. The fraction of sp³-hybridized carbons (Fsp3) is 0.542. The Morgan fingerprint density at radius 1 is 1.17 bits per heavy atom. The summed E-state index contributed by atoms with van der Waals surface area (Å²) in [6.45, 7) is 9.56. The third-order valence-electron chi connectivity index (χ3n) is 3.65. The summed E-state index contributed by atoms with van der Waals surface area (Å²) >= 11 is 0. The van der Waals surface area contributed by atoms with Gasteiger partial charge in [0.05, 0.1) is 5.71 Å². The Morgan fingerprint density at radius 2 is 1.86 bits per heavy atom. The number of allylic oxidation sites excluding steroid dienone is 5. The van der Waals surface area contributed by atoms with Gasteiger partial charge >= 0.3 is 5.97 Å². The summed E-state index contributed by atoms with van der Waals surface area (Å²) in [5.74, 6) is -0.324. The molecule has 2 heterocycles. The van der Waals surface area contributed by atoms with E-state index < -0.39 is 5.60 Å². The molecule has 0 spiro atoms. The van der Waals surface area contributed by atoms with Crippen molar-refractivity contribution in [3.63, 3.8) is 0 Å². The van der Waals surface area contributed by atoms with E-state index in [1.807, 2.05) is 54.1 Å². The predicted molar refractivity (Wildman–Crippen MR) is 123 cm³/mol. The minimum absolute atomic E-state index is 0.324. The molecule has 1 fully saturated rings. The maximum atomic E-state index is 11.7. The normalized spacial score (nSPS) is 17.7. The van der Waals surface area contributed by atoms with Crippen LogP contribution in [0.5, 0.6) is 0 Å².